The Morgan fingerprint density at radius 2 is 1.18 bits per heavy atom. The molecule has 0 aromatic rings. The predicted molar refractivity (Wildman–Crippen MR) is 73.7 cm³/mol. The molecular weight excluding hydrogens is 208 g/mol. The maximum absolute atomic E-state index is 2.39. The molecule has 2 nitrogen and oxygen atoms in total. The van der Waals surface area contributed by atoms with E-state index in [0.717, 1.165) is 11.8 Å². The number of likely N-dealkylation sites (tertiary alicyclic amines) is 2. The molecule has 2 saturated heterocycles. The number of hydrogen-bond acceptors (Lipinski definition) is 0. The minimum Gasteiger partial charge on any atom is -0.328 e. The molecule has 0 bridgehead atoms. The average Bonchev–Trinajstić information content (AvgIpc) is 2.70. The Hall–Kier alpha value is -0.0800. The standard InChI is InChI=1S/C15H32N2/c1-16(2)10-8-14(12-16)6-5-7-15-9-11-17(3,4)13-15/h14-15H,5-13H2,1-4H3/q+2. The van der Waals surface area contributed by atoms with Crippen molar-refractivity contribution in [1.82, 2.24) is 0 Å². The van der Waals surface area contributed by atoms with Crippen LogP contribution in [0, 0.1) is 11.8 Å². The lowest BCUT2D eigenvalue weighted by atomic mass is 9.95. The summed E-state index contributed by atoms with van der Waals surface area (Å²) in [5, 5.41) is 0. The topological polar surface area (TPSA) is 0 Å². The molecule has 100 valence electrons. The van der Waals surface area contributed by atoms with Crippen LogP contribution in [0.15, 0.2) is 0 Å². The van der Waals surface area contributed by atoms with Crippen molar-refractivity contribution in [3.8, 4) is 0 Å². The molecular formula is C15H32N2+2. The summed E-state index contributed by atoms with van der Waals surface area (Å²) < 4.78 is 2.52. The van der Waals surface area contributed by atoms with Crippen molar-refractivity contribution in [3.05, 3.63) is 0 Å². The van der Waals surface area contributed by atoms with Crippen LogP contribution in [-0.2, 0) is 0 Å². The summed E-state index contributed by atoms with van der Waals surface area (Å²) >= 11 is 0. The fourth-order valence-electron chi connectivity index (χ4n) is 3.99. The molecule has 0 spiro atoms. The highest BCUT2D eigenvalue weighted by atomic mass is 15.3. The zero-order chi connectivity index (χ0) is 12.5. The minimum atomic E-state index is 1.02. The molecule has 2 unspecified atom stereocenters. The van der Waals surface area contributed by atoms with Gasteiger partial charge in [-0.1, -0.05) is 6.42 Å². The summed E-state index contributed by atoms with van der Waals surface area (Å²) in [5.41, 5.74) is 0. The fraction of sp³-hybridized carbons (Fsp3) is 1.00. The largest absolute Gasteiger partial charge is 0.328 e. The van der Waals surface area contributed by atoms with Gasteiger partial charge in [-0.3, -0.25) is 0 Å². The molecule has 2 rings (SSSR count). The van der Waals surface area contributed by atoms with Gasteiger partial charge < -0.3 is 8.97 Å². The second kappa shape index (κ2) is 4.89. The van der Waals surface area contributed by atoms with Crippen LogP contribution < -0.4 is 0 Å². The van der Waals surface area contributed by atoms with Crippen LogP contribution >= 0.6 is 0 Å². The first-order valence-corrected chi connectivity index (χ1v) is 7.50. The highest BCUT2D eigenvalue weighted by Crippen LogP contribution is 2.29. The summed E-state index contributed by atoms with van der Waals surface area (Å²) in [4.78, 5) is 0. The Morgan fingerprint density at radius 1 is 0.765 bits per heavy atom. The second-order valence-corrected chi connectivity index (χ2v) is 7.92. The van der Waals surface area contributed by atoms with Gasteiger partial charge in [0.25, 0.3) is 0 Å². The predicted octanol–water partition coefficient (Wildman–Crippen LogP) is 2.35. The molecule has 2 atom stereocenters. The van der Waals surface area contributed by atoms with Gasteiger partial charge in [0.15, 0.2) is 0 Å². The van der Waals surface area contributed by atoms with Gasteiger partial charge in [-0.2, -0.15) is 0 Å². The Bertz CT molecular complexity index is 232. The van der Waals surface area contributed by atoms with E-state index in [0.29, 0.717) is 0 Å². The maximum Gasteiger partial charge on any atom is 0.0813 e. The van der Waals surface area contributed by atoms with Crippen LogP contribution in [0.1, 0.15) is 32.1 Å². The van der Waals surface area contributed by atoms with Crippen LogP contribution in [0.4, 0.5) is 0 Å². The normalized spacial score (nSPS) is 35.3. The first-order valence-electron chi connectivity index (χ1n) is 7.50. The van der Waals surface area contributed by atoms with Gasteiger partial charge in [0.05, 0.1) is 54.4 Å². The van der Waals surface area contributed by atoms with E-state index in [1.54, 1.807) is 0 Å². The summed E-state index contributed by atoms with van der Waals surface area (Å²) in [5.74, 6) is 2.04. The van der Waals surface area contributed by atoms with Gasteiger partial charge in [0.2, 0.25) is 0 Å². The van der Waals surface area contributed by atoms with Crippen molar-refractivity contribution in [2.75, 3.05) is 54.4 Å². The van der Waals surface area contributed by atoms with Crippen LogP contribution in [0.5, 0.6) is 0 Å². The first kappa shape index (κ1) is 13.4. The SMILES string of the molecule is C[N+]1(C)CCC(CCCC2CC[N+](C)(C)C2)C1. The highest BCUT2D eigenvalue weighted by Gasteiger charge is 2.32. The molecule has 2 heterocycles. The van der Waals surface area contributed by atoms with Crippen molar-refractivity contribution in [3.63, 3.8) is 0 Å². The Kier molecular flexibility index (Phi) is 3.84. The first-order chi connectivity index (χ1) is 7.86. The number of quaternary nitrogens is 2. The summed E-state index contributed by atoms with van der Waals surface area (Å²) in [6.45, 7) is 5.65. The third kappa shape index (κ3) is 3.96. The second-order valence-electron chi connectivity index (χ2n) is 7.92. The van der Waals surface area contributed by atoms with Crippen LogP contribution in [-0.4, -0.2) is 63.3 Å². The molecule has 2 aliphatic rings. The van der Waals surface area contributed by atoms with Crippen LogP contribution in [0.25, 0.3) is 0 Å². The molecule has 17 heavy (non-hydrogen) atoms. The quantitative estimate of drug-likeness (QED) is 0.662. The monoisotopic (exact) mass is 240 g/mol. The summed E-state index contributed by atoms with van der Waals surface area (Å²) in [7, 11) is 9.54. The lowest BCUT2D eigenvalue weighted by Gasteiger charge is -2.24. The smallest absolute Gasteiger partial charge is 0.0813 e. The van der Waals surface area contributed by atoms with E-state index in [4.69, 9.17) is 0 Å². The van der Waals surface area contributed by atoms with Crippen molar-refractivity contribution < 1.29 is 8.97 Å². The number of nitrogens with zero attached hydrogens (tertiary/aromatic N) is 2. The number of rotatable bonds is 4. The lowest BCUT2D eigenvalue weighted by molar-refractivity contribution is -0.879. The van der Waals surface area contributed by atoms with E-state index in [2.05, 4.69) is 28.2 Å². The van der Waals surface area contributed by atoms with Gasteiger partial charge in [-0.25, -0.2) is 0 Å². The molecule has 0 saturated carbocycles. The lowest BCUT2D eigenvalue weighted by Crippen LogP contribution is -2.36. The Morgan fingerprint density at radius 3 is 1.47 bits per heavy atom. The molecule has 0 aromatic carbocycles. The molecule has 2 heteroatoms. The van der Waals surface area contributed by atoms with Crippen molar-refractivity contribution in [1.29, 1.82) is 0 Å². The van der Waals surface area contributed by atoms with E-state index in [-0.39, 0.29) is 0 Å². The van der Waals surface area contributed by atoms with E-state index in [9.17, 15) is 0 Å². The van der Waals surface area contributed by atoms with Crippen molar-refractivity contribution >= 4 is 0 Å². The van der Waals surface area contributed by atoms with Crippen molar-refractivity contribution in [2.45, 2.75) is 32.1 Å². The van der Waals surface area contributed by atoms with Crippen LogP contribution in [0.2, 0.25) is 0 Å². The van der Waals surface area contributed by atoms with Gasteiger partial charge >= 0.3 is 0 Å². The summed E-state index contributed by atoms with van der Waals surface area (Å²) in [6.07, 6.45) is 7.41. The Labute approximate surface area is 108 Å². The molecule has 0 radical (unpaired) electrons. The van der Waals surface area contributed by atoms with E-state index < -0.39 is 0 Å². The van der Waals surface area contributed by atoms with E-state index >= 15 is 0 Å². The number of hydrogen-bond donors (Lipinski definition) is 0. The van der Waals surface area contributed by atoms with Gasteiger partial charge in [-0.15, -0.1) is 0 Å². The Balaban J connectivity index is 1.61. The van der Waals surface area contributed by atoms with Gasteiger partial charge in [0, 0.05) is 24.7 Å². The maximum atomic E-state index is 2.39. The van der Waals surface area contributed by atoms with E-state index in [1.807, 2.05) is 0 Å². The minimum absolute atomic E-state index is 1.02. The van der Waals surface area contributed by atoms with E-state index in [1.165, 1.54) is 67.2 Å². The fourth-order valence-corrected chi connectivity index (χ4v) is 3.99. The third-order valence-electron chi connectivity index (χ3n) is 5.01. The molecule has 0 amide bonds. The van der Waals surface area contributed by atoms with Gasteiger partial charge in [0.1, 0.15) is 0 Å². The highest BCUT2D eigenvalue weighted by molar-refractivity contribution is 4.69. The molecule has 2 fully saturated rings. The van der Waals surface area contributed by atoms with Gasteiger partial charge in [-0.05, 0) is 12.8 Å². The molecule has 0 N–H and O–H groups in total. The average molecular weight is 240 g/mol. The van der Waals surface area contributed by atoms with Crippen molar-refractivity contribution in [2.24, 2.45) is 11.8 Å². The molecule has 2 aliphatic heterocycles. The zero-order valence-corrected chi connectivity index (χ0v) is 12.4. The molecule has 0 aromatic heterocycles. The van der Waals surface area contributed by atoms with Crippen LogP contribution in [0.3, 0.4) is 0 Å². The zero-order valence-electron chi connectivity index (χ0n) is 12.4. The third-order valence-corrected chi connectivity index (χ3v) is 5.01. The summed E-state index contributed by atoms with van der Waals surface area (Å²) in [6, 6.07) is 0. The molecule has 0 aliphatic carbocycles.